The second-order valence-corrected chi connectivity index (χ2v) is 4.19. The average Bonchev–Trinajstić information content (AvgIpc) is 2.82. The molecule has 0 fully saturated rings. The molecule has 2 heterocycles. The van der Waals surface area contributed by atoms with Gasteiger partial charge in [-0.05, 0) is 25.1 Å². The number of aromatic amines is 1. The maximum Gasteiger partial charge on any atom is 0.333 e. The maximum atomic E-state index is 11.9. The number of halogens is 1. The molecule has 5 heteroatoms. The number of fused-ring (bicyclic) bond motifs is 1. The van der Waals surface area contributed by atoms with E-state index < -0.39 is 0 Å². The summed E-state index contributed by atoms with van der Waals surface area (Å²) in [6.07, 6.45) is 0. The predicted octanol–water partition coefficient (Wildman–Crippen LogP) is 2.87. The average molecular weight is 249 g/mol. The fraction of sp³-hybridized carbons (Fsp3) is 0.0833. The maximum absolute atomic E-state index is 11.9. The van der Waals surface area contributed by atoms with Crippen molar-refractivity contribution in [3.63, 3.8) is 0 Å². The highest BCUT2D eigenvalue weighted by Gasteiger charge is 2.12. The molecule has 2 aromatic heterocycles. The van der Waals surface area contributed by atoms with Crippen LogP contribution in [0.2, 0.25) is 5.02 Å². The molecule has 4 nitrogen and oxygen atoms in total. The molecule has 0 saturated heterocycles. The third kappa shape index (κ3) is 1.49. The van der Waals surface area contributed by atoms with E-state index in [4.69, 9.17) is 16.0 Å². The van der Waals surface area contributed by atoms with Gasteiger partial charge in [-0.25, -0.2) is 9.36 Å². The predicted molar refractivity (Wildman–Crippen MR) is 65.9 cm³/mol. The van der Waals surface area contributed by atoms with Gasteiger partial charge in [-0.15, -0.1) is 0 Å². The third-order valence-electron chi connectivity index (χ3n) is 2.61. The fourth-order valence-electron chi connectivity index (χ4n) is 1.86. The van der Waals surface area contributed by atoms with Gasteiger partial charge in [0, 0.05) is 6.07 Å². The topological polar surface area (TPSA) is 50.9 Å². The summed E-state index contributed by atoms with van der Waals surface area (Å²) >= 11 is 6.02. The van der Waals surface area contributed by atoms with Crippen LogP contribution in [0.5, 0.6) is 0 Å². The van der Waals surface area contributed by atoms with Crippen molar-refractivity contribution in [1.82, 2.24) is 9.55 Å². The van der Waals surface area contributed by atoms with Gasteiger partial charge in [-0.2, -0.15) is 0 Å². The van der Waals surface area contributed by atoms with Gasteiger partial charge in [0.25, 0.3) is 0 Å². The molecule has 3 rings (SSSR count). The van der Waals surface area contributed by atoms with Crippen LogP contribution in [0.4, 0.5) is 0 Å². The van der Waals surface area contributed by atoms with Crippen LogP contribution in [0.1, 0.15) is 5.76 Å². The molecule has 1 N–H and O–H groups in total. The second-order valence-electron chi connectivity index (χ2n) is 3.78. The molecule has 0 spiro atoms. The molecule has 0 saturated carbocycles. The Bertz CT molecular complexity index is 751. The SMILES string of the molecule is Cc1ccc(-n2c(=O)[nH]c3c(Cl)cccc32)o1. The second kappa shape index (κ2) is 3.53. The number of hydrogen-bond acceptors (Lipinski definition) is 2. The number of rotatable bonds is 1. The van der Waals surface area contributed by atoms with E-state index in [-0.39, 0.29) is 5.69 Å². The monoisotopic (exact) mass is 248 g/mol. The van der Waals surface area contributed by atoms with E-state index in [1.54, 1.807) is 18.2 Å². The number of nitrogens with one attached hydrogen (secondary N) is 1. The van der Waals surface area contributed by atoms with E-state index in [0.717, 1.165) is 5.76 Å². The summed E-state index contributed by atoms with van der Waals surface area (Å²) in [7, 11) is 0. The number of hydrogen-bond donors (Lipinski definition) is 1. The van der Waals surface area contributed by atoms with Crippen molar-refractivity contribution in [2.45, 2.75) is 6.92 Å². The molecule has 17 heavy (non-hydrogen) atoms. The number of benzene rings is 1. The highest BCUT2D eigenvalue weighted by molar-refractivity contribution is 6.34. The number of imidazole rings is 1. The summed E-state index contributed by atoms with van der Waals surface area (Å²) in [6, 6.07) is 8.91. The number of nitrogens with zero attached hydrogens (tertiary/aromatic N) is 1. The number of para-hydroxylation sites is 1. The molecule has 0 amide bonds. The smallest absolute Gasteiger partial charge is 0.333 e. The Kier molecular flexibility index (Phi) is 2.12. The van der Waals surface area contributed by atoms with E-state index in [9.17, 15) is 4.79 Å². The van der Waals surface area contributed by atoms with Crippen molar-refractivity contribution in [2.75, 3.05) is 0 Å². The fourth-order valence-corrected chi connectivity index (χ4v) is 2.07. The molecule has 0 unspecified atom stereocenters. The standard InChI is InChI=1S/C12H9ClN2O2/c1-7-5-6-10(17-7)15-9-4-2-3-8(13)11(9)14-12(15)16/h2-6H,1H3,(H,14,16). The largest absolute Gasteiger partial charge is 0.445 e. The third-order valence-corrected chi connectivity index (χ3v) is 2.93. The lowest BCUT2D eigenvalue weighted by molar-refractivity contribution is 0.510. The summed E-state index contributed by atoms with van der Waals surface area (Å²) in [6.45, 7) is 1.83. The molecular weight excluding hydrogens is 240 g/mol. The van der Waals surface area contributed by atoms with E-state index in [0.29, 0.717) is 21.9 Å². The highest BCUT2D eigenvalue weighted by Crippen LogP contribution is 2.23. The summed E-state index contributed by atoms with van der Waals surface area (Å²) in [5.41, 5.74) is 1.06. The van der Waals surface area contributed by atoms with Crippen molar-refractivity contribution < 1.29 is 4.42 Å². The lowest BCUT2D eigenvalue weighted by Crippen LogP contribution is -2.13. The Balaban J connectivity index is 2.40. The quantitative estimate of drug-likeness (QED) is 0.720. The Morgan fingerprint density at radius 2 is 2.12 bits per heavy atom. The number of H-pyrrole nitrogens is 1. The van der Waals surface area contributed by atoms with Crippen LogP contribution in [0, 0.1) is 6.92 Å². The van der Waals surface area contributed by atoms with E-state index >= 15 is 0 Å². The van der Waals surface area contributed by atoms with Gasteiger partial charge in [-0.3, -0.25) is 0 Å². The minimum absolute atomic E-state index is 0.262. The minimum Gasteiger partial charge on any atom is -0.445 e. The zero-order valence-corrected chi connectivity index (χ0v) is 9.78. The zero-order chi connectivity index (χ0) is 12.0. The van der Waals surface area contributed by atoms with E-state index in [1.165, 1.54) is 4.57 Å². The van der Waals surface area contributed by atoms with Gasteiger partial charge in [0.05, 0.1) is 16.1 Å². The summed E-state index contributed by atoms with van der Waals surface area (Å²) in [5.74, 6) is 1.24. The minimum atomic E-state index is -0.262. The molecule has 3 aromatic rings. The molecule has 0 radical (unpaired) electrons. The number of furan rings is 1. The van der Waals surface area contributed by atoms with Crippen LogP contribution in [0.25, 0.3) is 16.9 Å². The van der Waals surface area contributed by atoms with Crippen molar-refractivity contribution >= 4 is 22.6 Å². The van der Waals surface area contributed by atoms with Crippen LogP contribution in [0.3, 0.4) is 0 Å². The van der Waals surface area contributed by atoms with Crippen molar-refractivity contribution in [2.24, 2.45) is 0 Å². The molecule has 0 aliphatic heterocycles. The van der Waals surface area contributed by atoms with Gasteiger partial charge >= 0.3 is 5.69 Å². The van der Waals surface area contributed by atoms with Crippen molar-refractivity contribution in [3.8, 4) is 5.88 Å². The van der Waals surface area contributed by atoms with Gasteiger partial charge in [-0.1, -0.05) is 17.7 Å². The summed E-state index contributed by atoms with van der Waals surface area (Å²) in [4.78, 5) is 14.6. The Hall–Kier alpha value is -1.94. The first-order valence-corrected chi connectivity index (χ1v) is 5.50. The van der Waals surface area contributed by atoms with Crippen LogP contribution < -0.4 is 5.69 Å². The van der Waals surface area contributed by atoms with Crippen LogP contribution in [-0.4, -0.2) is 9.55 Å². The Morgan fingerprint density at radius 1 is 1.29 bits per heavy atom. The van der Waals surface area contributed by atoms with Gasteiger partial charge in [0.1, 0.15) is 5.76 Å². The molecule has 86 valence electrons. The normalized spacial score (nSPS) is 11.2. The molecule has 0 atom stereocenters. The summed E-state index contributed by atoms with van der Waals surface area (Å²) < 4.78 is 6.92. The zero-order valence-electron chi connectivity index (χ0n) is 9.03. The van der Waals surface area contributed by atoms with Crippen molar-refractivity contribution in [3.05, 3.63) is 51.6 Å². The lowest BCUT2D eigenvalue weighted by Gasteiger charge is -1.98. The molecule has 0 aliphatic rings. The lowest BCUT2D eigenvalue weighted by atomic mass is 10.3. The van der Waals surface area contributed by atoms with Crippen molar-refractivity contribution in [1.29, 1.82) is 0 Å². The summed E-state index contributed by atoms with van der Waals surface area (Å²) in [5, 5.41) is 0.515. The number of aryl methyl sites for hydroxylation is 1. The highest BCUT2D eigenvalue weighted by atomic mass is 35.5. The molecular formula is C12H9ClN2O2. The van der Waals surface area contributed by atoms with Gasteiger partial charge in [0.2, 0.25) is 5.88 Å². The molecule has 0 bridgehead atoms. The van der Waals surface area contributed by atoms with Gasteiger partial charge < -0.3 is 9.40 Å². The molecule has 1 aromatic carbocycles. The first-order valence-electron chi connectivity index (χ1n) is 5.13. The Labute approximate surface area is 101 Å². The Morgan fingerprint density at radius 3 is 2.82 bits per heavy atom. The van der Waals surface area contributed by atoms with Crippen LogP contribution in [-0.2, 0) is 0 Å². The first-order chi connectivity index (χ1) is 8.16. The van der Waals surface area contributed by atoms with E-state index in [1.807, 2.05) is 19.1 Å². The molecule has 0 aliphatic carbocycles. The number of aromatic nitrogens is 2. The van der Waals surface area contributed by atoms with E-state index in [2.05, 4.69) is 4.98 Å². The van der Waals surface area contributed by atoms with Gasteiger partial charge in [0.15, 0.2) is 0 Å². The van der Waals surface area contributed by atoms with Crippen LogP contribution >= 0.6 is 11.6 Å². The first kappa shape index (κ1) is 10.2. The van der Waals surface area contributed by atoms with Crippen LogP contribution in [0.15, 0.2) is 39.5 Å².